The monoisotopic (exact) mass is 388 g/mol. The third-order valence-electron chi connectivity index (χ3n) is 3.55. The van der Waals surface area contributed by atoms with E-state index in [-0.39, 0.29) is 0 Å². The van der Waals surface area contributed by atoms with E-state index in [0.717, 1.165) is 20.5 Å². The second-order valence-electron chi connectivity index (χ2n) is 4.73. The third kappa shape index (κ3) is 2.25. The first-order valence-electron chi connectivity index (χ1n) is 6.42. The highest BCUT2D eigenvalue weighted by Gasteiger charge is 2.27. The van der Waals surface area contributed by atoms with Crippen molar-refractivity contribution < 1.29 is 0 Å². The minimum Gasteiger partial charge on any atom is -0.0895 e. The van der Waals surface area contributed by atoms with Crippen molar-refractivity contribution >= 4 is 62.1 Å². The van der Waals surface area contributed by atoms with E-state index in [1.807, 2.05) is 0 Å². The van der Waals surface area contributed by atoms with Crippen LogP contribution in [0, 0.1) is 0 Å². The minimum absolute atomic E-state index is 0.943. The predicted molar refractivity (Wildman–Crippen MR) is 102 cm³/mol. The Morgan fingerprint density at radius 2 is 1.48 bits per heavy atom. The fraction of sp³-hybridized carbons (Fsp3) is 0. The summed E-state index contributed by atoms with van der Waals surface area (Å²) in [5.74, 6) is 0. The number of hydrogen-bond acceptors (Lipinski definition) is 3. The first kappa shape index (κ1) is 13.8. The van der Waals surface area contributed by atoms with E-state index in [9.17, 15) is 0 Å². The quantitative estimate of drug-likeness (QED) is 0.421. The Morgan fingerprint density at radius 1 is 0.810 bits per heavy atom. The van der Waals surface area contributed by atoms with Gasteiger partial charge in [-0.3, -0.25) is 0 Å². The molecule has 0 radical (unpaired) electrons. The number of fused-ring (bicyclic) bond motifs is 2. The molecule has 1 aliphatic carbocycles. The standard InChI is InChI=1S/C17H9BrS3/c18-10-5-6-13-14(9-10)15(17-20-7-8-21-17)11-3-1-2-4-12(11)16(13)19/h1-9H. The molecular weight excluding hydrogens is 380 g/mol. The summed E-state index contributed by atoms with van der Waals surface area (Å²) in [7, 11) is 0. The van der Waals surface area contributed by atoms with E-state index in [0.29, 0.717) is 0 Å². The summed E-state index contributed by atoms with van der Waals surface area (Å²) in [4.78, 5) is 0.943. The van der Waals surface area contributed by atoms with Crippen molar-refractivity contribution in [3.63, 3.8) is 0 Å². The summed E-state index contributed by atoms with van der Waals surface area (Å²) in [5, 5.41) is 4.28. The van der Waals surface area contributed by atoms with Crippen molar-refractivity contribution in [3.05, 3.63) is 84.2 Å². The van der Waals surface area contributed by atoms with Crippen LogP contribution in [0.15, 0.2) is 62.0 Å². The topological polar surface area (TPSA) is 0 Å². The second-order valence-corrected chi connectivity index (χ2v) is 8.15. The molecule has 0 unspecified atom stereocenters. The van der Waals surface area contributed by atoms with E-state index in [2.05, 4.69) is 69.2 Å². The maximum atomic E-state index is 5.72. The van der Waals surface area contributed by atoms with E-state index in [1.54, 1.807) is 23.5 Å². The van der Waals surface area contributed by atoms with E-state index in [1.165, 1.54) is 20.9 Å². The van der Waals surface area contributed by atoms with E-state index >= 15 is 0 Å². The molecule has 4 rings (SSSR count). The lowest BCUT2D eigenvalue weighted by Crippen LogP contribution is -2.13. The van der Waals surface area contributed by atoms with Gasteiger partial charge < -0.3 is 0 Å². The molecule has 1 aliphatic heterocycles. The van der Waals surface area contributed by atoms with Crippen LogP contribution in [0.1, 0.15) is 22.3 Å². The summed E-state index contributed by atoms with van der Waals surface area (Å²) in [6.07, 6.45) is 0. The Labute approximate surface area is 145 Å². The van der Waals surface area contributed by atoms with Gasteiger partial charge in [-0.25, -0.2) is 0 Å². The molecule has 2 aromatic rings. The Morgan fingerprint density at radius 3 is 2.24 bits per heavy atom. The number of halogens is 1. The molecule has 0 saturated carbocycles. The molecule has 2 aromatic carbocycles. The zero-order valence-corrected chi connectivity index (χ0v) is 14.8. The Bertz CT molecular complexity index is 824. The molecule has 0 fully saturated rings. The fourth-order valence-corrected chi connectivity index (χ4v) is 5.30. The summed E-state index contributed by atoms with van der Waals surface area (Å²) < 4.78 is 2.41. The van der Waals surface area contributed by atoms with E-state index < -0.39 is 0 Å². The van der Waals surface area contributed by atoms with Crippen LogP contribution >= 0.6 is 51.7 Å². The van der Waals surface area contributed by atoms with Crippen LogP contribution in [0.4, 0.5) is 0 Å². The van der Waals surface area contributed by atoms with Crippen LogP contribution in [0.25, 0.3) is 5.57 Å². The normalized spacial score (nSPS) is 16.1. The molecule has 0 nitrogen and oxygen atoms in total. The SMILES string of the molecule is S=C1c2ccccc2C(=C2SC=CS2)c2cc(Br)ccc21. The molecule has 4 heteroatoms. The summed E-state index contributed by atoms with van der Waals surface area (Å²) in [5.41, 5.74) is 6.09. The number of thioether (sulfide) groups is 2. The van der Waals surface area contributed by atoms with Gasteiger partial charge >= 0.3 is 0 Å². The third-order valence-corrected chi connectivity index (χ3v) is 6.61. The van der Waals surface area contributed by atoms with Gasteiger partial charge in [0, 0.05) is 21.2 Å². The highest BCUT2D eigenvalue weighted by Crippen LogP contribution is 2.48. The van der Waals surface area contributed by atoms with Crippen LogP contribution in [-0.2, 0) is 0 Å². The van der Waals surface area contributed by atoms with Gasteiger partial charge in [-0.15, -0.1) is 0 Å². The molecule has 0 bridgehead atoms. The summed E-state index contributed by atoms with van der Waals surface area (Å²) in [6, 6.07) is 14.8. The zero-order valence-electron chi connectivity index (χ0n) is 10.8. The number of rotatable bonds is 0. The second kappa shape index (κ2) is 5.43. The molecule has 0 saturated heterocycles. The Hall–Kier alpha value is -0.810. The first-order valence-corrected chi connectivity index (χ1v) is 9.38. The van der Waals surface area contributed by atoms with Crippen LogP contribution in [0.5, 0.6) is 0 Å². The van der Waals surface area contributed by atoms with Crippen LogP contribution in [-0.4, -0.2) is 4.86 Å². The lowest BCUT2D eigenvalue weighted by atomic mass is 9.83. The van der Waals surface area contributed by atoms with Gasteiger partial charge in [0.05, 0.1) is 9.10 Å². The average molecular weight is 389 g/mol. The molecule has 102 valence electrons. The number of thiocarbonyl (C=S) groups is 1. The van der Waals surface area contributed by atoms with Gasteiger partial charge in [0.25, 0.3) is 0 Å². The minimum atomic E-state index is 0.943. The maximum Gasteiger partial charge on any atom is 0.0571 e. The van der Waals surface area contributed by atoms with Gasteiger partial charge in [-0.05, 0) is 34.1 Å². The van der Waals surface area contributed by atoms with Crippen molar-refractivity contribution in [2.75, 3.05) is 0 Å². The van der Waals surface area contributed by atoms with Gasteiger partial charge in [-0.1, -0.05) is 82.0 Å². The van der Waals surface area contributed by atoms with E-state index in [4.69, 9.17) is 12.2 Å². The van der Waals surface area contributed by atoms with Crippen molar-refractivity contribution in [2.45, 2.75) is 0 Å². The van der Waals surface area contributed by atoms with Crippen molar-refractivity contribution in [2.24, 2.45) is 0 Å². The molecule has 2 aliphatic rings. The molecule has 0 atom stereocenters. The maximum absolute atomic E-state index is 5.72. The average Bonchev–Trinajstić information content (AvgIpc) is 3.01. The molecule has 1 heterocycles. The molecule has 0 amide bonds. The summed E-state index contributed by atoms with van der Waals surface area (Å²) >= 11 is 12.9. The van der Waals surface area contributed by atoms with Crippen molar-refractivity contribution in [1.82, 2.24) is 0 Å². The molecule has 0 spiro atoms. The predicted octanol–water partition coefficient (Wildman–Crippen LogP) is 6.20. The lowest BCUT2D eigenvalue weighted by molar-refractivity contribution is 1.46. The number of hydrogen-bond donors (Lipinski definition) is 0. The summed E-state index contributed by atoms with van der Waals surface area (Å²) in [6.45, 7) is 0. The van der Waals surface area contributed by atoms with Crippen molar-refractivity contribution in [1.29, 1.82) is 0 Å². The fourth-order valence-electron chi connectivity index (χ4n) is 2.66. The Balaban J connectivity index is 2.08. The van der Waals surface area contributed by atoms with Crippen LogP contribution in [0.3, 0.4) is 0 Å². The molecule has 0 aromatic heterocycles. The first-order chi connectivity index (χ1) is 10.3. The largest absolute Gasteiger partial charge is 0.0895 e. The van der Waals surface area contributed by atoms with Gasteiger partial charge in [0.15, 0.2) is 0 Å². The smallest absolute Gasteiger partial charge is 0.0571 e. The zero-order chi connectivity index (χ0) is 14.4. The van der Waals surface area contributed by atoms with Crippen LogP contribution < -0.4 is 0 Å². The molecule has 0 N–H and O–H groups in total. The van der Waals surface area contributed by atoms with Gasteiger partial charge in [-0.2, -0.15) is 0 Å². The van der Waals surface area contributed by atoms with Crippen LogP contribution in [0.2, 0.25) is 0 Å². The highest BCUT2D eigenvalue weighted by atomic mass is 79.9. The van der Waals surface area contributed by atoms with Crippen molar-refractivity contribution in [3.8, 4) is 0 Å². The molecule has 21 heavy (non-hydrogen) atoms. The lowest BCUT2D eigenvalue weighted by Gasteiger charge is -2.25. The highest BCUT2D eigenvalue weighted by molar-refractivity contribution is 9.10. The Kier molecular flexibility index (Phi) is 3.58. The molecular formula is C17H9BrS3. The van der Waals surface area contributed by atoms with Gasteiger partial charge in [0.1, 0.15) is 0 Å². The van der Waals surface area contributed by atoms with Gasteiger partial charge in [0.2, 0.25) is 0 Å². The number of benzene rings is 2.